The zero-order valence-corrected chi connectivity index (χ0v) is 17.5. The van der Waals surface area contributed by atoms with Gasteiger partial charge in [-0.3, -0.25) is 0 Å². The van der Waals surface area contributed by atoms with Crippen LogP contribution in [0.25, 0.3) is 0 Å². The maximum atomic E-state index is 11.9. The molecule has 0 spiro atoms. The van der Waals surface area contributed by atoms with Crippen LogP contribution in [-0.4, -0.2) is 35.9 Å². The van der Waals surface area contributed by atoms with Gasteiger partial charge >= 0.3 is 12.1 Å². The van der Waals surface area contributed by atoms with E-state index < -0.39 is 23.3 Å². The summed E-state index contributed by atoms with van der Waals surface area (Å²) in [5, 5.41) is 2.89. The molecule has 0 radical (unpaired) electrons. The van der Waals surface area contributed by atoms with Crippen molar-refractivity contribution < 1.29 is 23.8 Å². The molecular formula is C21H33NO5. The summed E-state index contributed by atoms with van der Waals surface area (Å²) in [5.74, 6) is 0.192. The molecule has 1 aromatic rings. The van der Waals surface area contributed by atoms with E-state index in [4.69, 9.17) is 14.2 Å². The first-order valence-corrected chi connectivity index (χ1v) is 9.31. The molecule has 0 unspecified atom stereocenters. The van der Waals surface area contributed by atoms with Crippen LogP contribution in [-0.2, 0) is 20.7 Å². The second-order valence-electron chi connectivity index (χ2n) is 8.47. The van der Waals surface area contributed by atoms with Crippen molar-refractivity contribution in [2.75, 3.05) is 6.61 Å². The molecule has 27 heavy (non-hydrogen) atoms. The van der Waals surface area contributed by atoms with Crippen LogP contribution in [0.2, 0.25) is 0 Å². The number of ether oxygens (including phenoxy) is 3. The van der Waals surface area contributed by atoms with Gasteiger partial charge in [-0.25, -0.2) is 9.59 Å². The third kappa shape index (κ3) is 10.5. The number of hydrogen-bond donors (Lipinski definition) is 1. The second-order valence-corrected chi connectivity index (χ2v) is 8.47. The van der Waals surface area contributed by atoms with E-state index >= 15 is 0 Å². The van der Waals surface area contributed by atoms with Crippen LogP contribution in [0.3, 0.4) is 0 Å². The number of hydrogen-bond acceptors (Lipinski definition) is 5. The number of nitrogens with one attached hydrogen (secondary N) is 1. The number of esters is 1. The Balaban J connectivity index is 2.52. The Kier molecular flexibility index (Phi) is 8.13. The van der Waals surface area contributed by atoms with Crippen LogP contribution in [0.1, 0.15) is 60.5 Å². The Labute approximate surface area is 162 Å². The molecule has 0 aliphatic carbocycles. The standard InChI is InChI=1S/C21H33NO5/c1-8-16(22-19(24)27-21(5,6)7)13-15-9-11-17(12-10-15)25-14-18(23)26-20(2,3)4/h9-12,16H,8,13-14H2,1-7H3,(H,22,24)/t16-/m1/s1. The lowest BCUT2D eigenvalue weighted by Gasteiger charge is -2.23. The van der Waals surface area contributed by atoms with E-state index in [1.54, 1.807) is 12.1 Å². The fourth-order valence-electron chi connectivity index (χ4n) is 2.29. The van der Waals surface area contributed by atoms with Gasteiger partial charge in [0, 0.05) is 6.04 Å². The van der Waals surface area contributed by atoms with Crippen LogP contribution >= 0.6 is 0 Å². The molecule has 152 valence electrons. The van der Waals surface area contributed by atoms with Gasteiger partial charge in [0.1, 0.15) is 17.0 Å². The Morgan fingerprint density at radius 3 is 2.00 bits per heavy atom. The lowest BCUT2D eigenvalue weighted by atomic mass is 10.0. The average molecular weight is 379 g/mol. The number of carbonyl (C=O) groups excluding carboxylic acids is 2. The second kappa shape index (κ2) is 9.62. The van der Waals surface area contributed by atoms with Gasteiger partial charge in [-0.1, -0.05) is 19.1 Å². The molecule has 0 aliphatic heterocycles. The first-order valence-electron chi connectivity index (χ1n) is 9.31. The van der Waals surface area contributed by atoms with Crippen LogP contribution in [0.5, 0.6) is 5.75 Å². The summed E-state index contributed by atoms with van der Waals surface area (Å²) in [5.41, 5.74) is 0.0124. The van der Waals surface area contributed by atoms with Crippen molar-refractivity contribution in [1.29, 1.82) is 0 Å². The van der Waals surface area contributed by atoms with Crippen molar-refractivity contribution >= 4 is 12.1 Å². The van der Waals surface area contributed by atoms with E-state index in [1.807, 2.05) is 60.6 Å². The van der Waals surface area contributed by atoms with Crippen LogP contribution in [0.15, 0.2) is 24.3 Å². The molecule has 1 atom stereocenters. The number of alkyl carbamates (subject to hydrolysis) is 1. The van der Waals surface area contributed by atoms with Gasteiger partial charge in [0.25, 0.3) is 0 Å². The van der Waals surface area contributed by atoms with Gasteiger partial charge in [-0.15, -0.1) is 0 Å². The van der Waals surface area contributed by atoms with Gasteiger partial charge < -0.3 is 19.5 Å². The van der Waals surface area contributed by atoms with Crippen molar-refractivity contribution in [3.63, 3.8) is 0 Å². The first-order chi connectivity index (χ1) is 12.4. The summed E-state index contributed by atoms with van der Waals surface area (Å²) in [6, 6.07) is 7.43. The topological polar surface area (TPSA) is 73.9 Å². The van der Waals surface area contributed by atoms with Crippen LogP contribution in [0.4, 0.5) is 4.79 Å². The predicted octanol–water partition coefficient (Wildman–Crippen LogP) is 4.25. The molecule has 0 heterocycles. The summed E-state index contributed by atoms with van der Waals surface area (Å²) in [7, 11) is 0. The summed E-state index contributed by atoms with van der Waals surface area (Å²) in [6.45, 7) is 12.8. The third-order valence-electron chi connectivity index (χ3n) is 3.40. The molecule has 0 saturated heterocycles. The monoisotopic (exact) mass is 379 g/mol. The predicted molar refractivity (Wildman–Crippen MR) is 105 cm³/mol. The number of rotatable bonds is 7. The van der Waals surface area contributed by atoms with Crippen molar-refractivity contribution in [1.82, 2.24) is 5.32 Å². The van der Waals surface area contributed by atoms with Crippen LogP contribution < -0.4 is 10.1 Å². The Morgan fingerprint density at radius 2 is 1.52 bits per heavy atom. The molecule has 0 fully saturated rings. The smallest absolute Gasteiger partial charge is 0.407 e. The Bertz CT molecular complexity index is 611. The molecule has 1 aromatic carbocycles. The zero-order chi connectivity index (χ0) is 20.7. The average Bonchev–Trinajstić information content (AvgIpc) is 2.50. The summed E-state index contributed by atoms with van der Waals surface area (Å²) >= 11 is 0. The fourth-order valence-corrected chi connectivity index (χ4v) is 2.29. The molecule has 6 heteroatoms. The highest BCUT2D eigenvalue weighted by atomic mass is 16.6. The summed E-state index contributed by atoms with van der Waals surface area (Å²) in [6.07, 6.45) is 1.06. The highest BCUT2D eigenvalue weighted by Gasteiger charge is 2.19. The SMILES string of the molecule is CC[C@H](Cc1ccc(OCC(=O)OC(C)(C)C)cc1)NC(=O)OC(C)(C)C. The lowest BCUT2D eigenvalue weighted by Crippen LogP contribution is -2.39. The third-order valence-corrected chi connectivity index (χ3v) is 3.40. The molecule has 0 aliphatic rings. The van der Waals surface area contributed by atoms with Gasteiger partial charge in [0.05, 0.1) is 0 Å². The first kappa shape index (κ1) is 22.8. The molecule has 1 amide bonds. The molecule has 1 rings (SSSR count). The Morgan fingerprint density at radius 1 is 0.963 bits per heavy atom. The number of carbonyl (C=O) groups is 2. The van der Waals surface area contributed by atoms with Gasteiger partial charge in [-0.05, 0) is 72.1 Å². The Hall–Kier alpha value is -2.24. The van der Waals surface area contributed by atoms with E-state index in [9.17, 15) is 9.59 Å². The lowest BCUT2D eigenvalue weighted by molar-refractivity contribution is -0.157. The van der Waals surface area contributed by atoms with E-state index in [0.29, 0.717) is 12.2 Å². The fraction of sp³-hybridized carbons (Fsp3) is 0.619. The highest BCUT2D eigenvalue weighted by Crippen LogP contribution is 2.15. The van der Waals surface area contributed by atoms with Crippen molar-refractivity contribution in [3.8, 4) is 5.75 Å². The molecule has 6 nitrogen and oxygen atoms in total. The minimum absolute atomic E-state index is 0.0200. The number of amides is 1. The molecule has 0 bridgehead atoms. The van der Waals surface area contributed by atoms with Gasteiger partial charge in [0.2, 0.25) is 0 Å². The van der Waals surface area contributed by atoms with Gasteiger partial charge in [-0.2, -0.15) is 0 Å². The zero-order valence-electron chi connectivity index (χ0n) is 17.5. The number of benzene rings is 1. The molecular weight excluding hydrogens is 346 g/mol. The van der Waals surface area contributed by atoms with Crippen molar-refractivity contribution in [3.05, 3.63) is 29.8 Å². The molecule has 1 N–H and O–H groups in total. The van der Waals surface area contributed by atoms with E-state index in [-0.39, 0.29) is 12.6 Å². The maximum absolute atomic E-state index is 11.9. The molecule has 0 aromatic heterocycles. The highest BCUT2D eigenvalue weighted by molar-refractivity contribution is 5.71. The van der Waals surface area contributed by atoms with Crippen molar-refractivity contribution in [2.24, 2.45) is 0 Å². The van der Waals surface area contributed by atoms with E-state index in [1.165, 1.54) is 0 Å². The molecule has 0 saturated carbocycles. The largest absolute Gasteiger partial charge is 0.482 e. The summed E-state index contributed by atoms with van der Waals surface area (Å²) in [4.78, 5) is 23.6. The van der Waals surface area contributed by atoms with Crippen molar-refractivity contribution in [2.45, 2.75) is 78.6 Å². The van der Waals surface area contributed by atoms with Crippen LogP contribution in [0, 0.1) is 0 Å². The minimum Gasteiger partial charge on any atom is -0.482 e. The maximum Gasteiger partial charge on any atom is 0.407 e. The van der Waals surface area contributed by atoms with E-state index in [2.05, 4.69) is 5.32 Å². The van der Waals surface area contributed by atoms with E-state index in [0.717, 1.165) is 12.0 Å². The minimum atomic E-state index is -0.527. The normalized spacial score (nSPS) is 12.9. The van der Waals surface area contributed by atoms with Gasteiger partial charge in [0.15, 0.2) is 6.61 Å². The quantitative estimate of drug-likeness (QED) is 0.717. The summed E-state index contributed by atoms with van der Waals surface area (Å²) < 4.78 is 16.0.